The number of aromatic nitrogens is 3. The van der Waals surface area contributed by atoms with Gasteiger partial charge in [0.15, 0.2) is 0 Å². The van der Waals surface area contributed by atoms with Crippen molar-refractivity contribution >= 4 is 27.7 Å². The molecule has 1 amide bonds. The molecule has 6 nitrogen and oxygen atoms in total. The lowest BCUT2D eigenvalue weighted by Crippen LogP contribution is -2.43. The molecule has 0 radical (unpaired) electrons. The summed E-state index contributed by atoms with van der Waals surface area (Å²) in [5.41, 5.74) is 7.70. The summed E-state index contributed by atoms with van der Waals surface area (Å²) < 4.78 is 0. The second kappa shape index (κ2) is 8.27. The molecule has 2 N–H and O–H groups in total. The zero-order valence-corrected chi connectivity index (χ0v) is 19.0. The Balaban J connectivity index is 1.34. The number of pyridine rings is 1. The van der Waals surface area contributed by atoms with E-state index in [2.05, 4.69) is 51.7 Å². The van der Waals surface area contributed by atoms with Crippen molar-refractivity contribution in [2.45, 2.75) is 44.6 Å². The Bertz CT molecular complexity index is 1330. The van der Waals surface area contributed by atoms with E-state index >= 15 is 0 Å². The molecule has 1 aliphatic heterocycles. The summed E-state index contributed by atoms with van der Waals surface area (Å²) in [5, 5.41) is 13.0. The van der Waals surface area contributed by atoms with Crippen molar-refractivity contribution in [3.05, 3.63) is 59.3 Å². The second-order valence-electron chi connectivity index (χ2n) is 9.54. The Hall–Kier alpha value is -3.25. The van der Waals surface area contributed by atoms with E-state index in [1.165, 1.54) is 29.4 Å². The SMILES string of the molecule is CN1CCC(NC(=O)c2ccc(-c3nc4ccc5[nH]ncc5c4c4c3CCCC4)cc2)CC1. The number of hydrogen-bond donors (Lipinski definition) is 2. The lowest BCUT2D eigenvalue weighted by atomic mass is 9.85. The topological polar surface area (TPSA) is 73.9 Å². The van der Waals surface area contributed by atoms with Crippen molar-refractivity contribution < 1.29 is 4.79 Å². The van der Waals surface area contributed by atoms with Gasteiger partial charge in [-0.1, -0.05) is 12.1 Å². The number of fused-ring (bicyclic) bond motifs is 5. The van der Waals surface area contributed by atoms with E-state index in [0.29, 0.717) is 5.56 Å². The van der Waals surface area contributed by atoms with Crippen LogP contribution in [0.25, 0.3) is 33.1 Å². The number of nitrogens with one attached hydrogen (secondary N) is 2. The highest BCUT2D eigenvalue weighted by molar-refractivity contribution is 6.07. The number of carbonyl (C=O) groups excluding carboxylic acids is 1. The van der Waals surface area contributed by atoms with Crippen LogP contribution in [0.5, 0.6) is 0 Å². The van der Waals surface area contributed by atoms with Crippen molar-refractivity contribution in [3.8, 4) is 11.3 Å². The molecule has 33 heavy (non-hydrogen) atoms. The Morgan fingerprint density at radius 1 is 1.03 bits per heavy atom. The summed E-state index contributed by atoms with van der Waals surface area (Å²) in [6.07, 6.45) is 8.45. The summed E-state index contributed by atoms with van der Waals surface area (Å²) in [5.74, 6) is 0.0203. The number of benzene rings is 2. The zero-order valence-electron chi connectivity index (χ0n) is 19.0. The number of amides is 1. The average molecular weight is 440 g/mol. The molecule has 6 heteroatoms. The van der Waals surface area contributed by atoms with E-state index in [1.54, 1.807) is 0 Å². The molecular formula is C27H29N5O. The molecule has 6 rings (SSSR count). The zero-order chi connectivity index (χ0) is 22.4. The minimum Gasteiger partial charge on any atom is -0.349 e. The fourth-order valence-corrected chi connectivity index (χ4v) is 5.49. The third kappa shape index (κ3) is 3.68. The summed E-state index contributed by atoms with van der Waals surface area (Å²) in [7, 11) is 2.13. The van der Waals surface area contributed by atoms with Crippen molar-refractivity contribution in [1.29, 1.82) is 0 Å². The van der Waals surface area contributed by atoms with Crippen LogP contribution in [0.2, 0.25) is 0 Å². The van der Waals surface area contributed by atoms with Crippen LogP contribution >= 0.6 is 0 Å². The van der Waals surface area contributed by atoms with Gasteiger partial charge in [0.05, 0.1) is 22.9 Å². The Morgan fingerprint density at radius 2 is 1.79 bits per heavy atom. The second-order valence-corrected chi connectivity index (χ2v) is 9.54. The number of aryl methyl sites for hydroxylation is 1. The van der Waals surface area contributed by atoms with Crippen LogP contribution in [-0.4, -0.2) is 52.2 Å². The van der Waals surface area contributed by atoms with Crippen LogP contribution in [0.3, 0.4) is 0 Å². The molecule has 4 aromatic rings. The van der Waals surface area contributed by atoms with Crippen LogP contribution in [0.1, 0.15) is 47.2 Å². The number of likely N-dealkylation sites (tertiary alicyclic amines) is 1. The maximum Gasteiger partial charge on any atom is 0.251 e. The first kappa shape index (κ1) is 20.4. The van der Waals surface area contributed by atoms with E-state index in [9.17, 15) is 4.79 Å². The molecule has 0 saturated carbocycles. The van der Waals surface area contributed by atoms with Crippen molar-refractivity contribution in [3.63, 3.8) is 0 Å². The number of aromatic amines is 1. The van der Waals surface area contributed by atoms with Gasteiger partial charge in [-0.05, 0) is 94.1 Å². The van der Waals surface area contributed by atoms with E-state index in [0.717, 1.165) is 66.4 Å². The van der Waals surface area contributed by atoms with E-state index in [4.69, 9.17) is 4.98 Å². The maximum atomic E-state index is 12.8. The van der Waals surface area contributed by atoms with Gasteiger partial charge in [-0.25, -0.2) is 4.98 Å². The predicted octanol–water partition coefficient (Wildman–Crippen LogP) is 4.48. The summed E-state index contributed by atoms with van der Waals surface area (Å²) >= 11 is 0. The van der Waals surface area contributed by atoms with E-state index in [1.807, 2.05) is 18.3 Å². The van der Waals surface area contributed by atoms with Gasteiger partial charge in [0.25, 0.3) is 5.91 Å². The highest BCUT2D eigenvalue weighted by atomic mass is 16.1. The molecule has 2 aliphatic rings. The standard InChI is InChI=1S/C27H29N5O/c1-32-14-12-19(13-15-32)29-27(33)18-8-6-17(7-9-18)26-21-5-3-2-4-20(21)25-22-16-28-31-23(22)10-11-24(25)30-26/h6-11,16,19H,2-5,12-15H2,1H3,(H,28,31)(H,29,33). The molecule has 2 aromatic heterocycles. The summed E-state index contributed by atoms with van der Waals surface area (Å²) in [6.45, 7) is 2.07. The van der Waals surface area contributed by atoms with Gasteiger partial charge < -0.3 is 10.2 Å². The van der Waals surface area contributed by atoms with Gasteiger partial charge in [-0.15, -0.1) is 0 Å². The van der Waals surface area contributed by atoms with Gasteiger partial charge in [-0.2, -0.15) is 5.10 Å². The lowest BCUT2D eigenvalue weighted by Gasteiger charge is -2.29. The fourth-order valence-electron chi connectivity index (χ4n) is 5.49. The third-order valence-corrected chi connectivity index (χ3v) is 7.36. The first-order valence-corrected chi connectivity index (χ1v) is 12.0. The monoisotopic (exact) mass is 439 g/mol. The van der Waals surface area contributed by atoms with Crippen LogP contribution in [0, 0.1) is 0 Å². The number of nitrogens with zero attached hydrogens (tertiary/aromatic N) is 3. The minimum absolute atomic E-state index is 0.0203. The van der Waals surface area contributed by atoms with Crippen molar-refractivity contribution in [2.24, 2.45) is 0 Å². The molecular weight excluding hydrogens is 410 g/mol. The normalized spacial score (nSPS) is 17.4. The number of piperidine rings is 1. The number of rotatable bonds is 3. The Morgan fingerprint density at radius 3 is 2.58 bits per heavy atom. The smallest absolute Gasteiger partial charge is 0.251 e. The van der Waals surface area contributed by atoms with Crippen molar-refractivity contribution in [1.82, 2.24) is 25.4 Å². The molecule has 168 valence electrons. The highest BCUT2D eigenvalue weighted by Crippen LogP contribution is 2.37. The van der Waals surface area contributed by atoms with E-state index < -0.39 is 0 Å². The molecule has 2 aromatic carbocycles. The minimum atomic E-state index is 0.0203. The maximum absolute atomic E-state index is 12.8. The number of carbonyl (C=O) groups is 1. The third-order valence-electron chi connectivity index (χ3n) is 7.36. The molecule has 1 saturated heterocycles. The van der Waals surface area contributed by atoms with Gasteiger partial charge in [0.2, 0.25) is 0 Å². The van der Waals surface area contributed by atoms with Crippen LogP contribution in [0.15, 0.2) is 42.6 Å². The quantitative estimate of drug-likeness (QED) is 0.494. The summed E-state index contributed by atoms with van der Waals surface area (Å²) in [4.78, 5) is 20.2. The summed E-state index contributed by atoms with van der Waals surface area (Å²) in [6, 6.07) is 12.4. The molecule has 3 heterocycles. The molecule has 1 fully saturated rings. The molecule has 1 aliphatic carbocycles. The molecule has 0 unspecified atom stereocenters. The Kier molecular flexibility index (Phi) is 5.10. The first-order chi connectivity index (χ1) is 16.2. The molecule has 0 spiro atoms. The van der Waals surface area contributed by atoms with Gasteiger partial charge in [-0.3, -0.25) is 9.89 Å². The van der Waals surface area contributed by atoms with Crippen LogP contribution < -0.4 is 5.32 Å². The molecule has 0 atom stereocenters. The first-order valence-electron chi connectivity index (χ1n) is 12.0. The fraction of sp³-hybridized carbons (Fsp3) is 0.370. The number of hydrogen-bond acceptors (Lipinski definition) is 4. The van der Waals surface area contributed by atoms with Crippen LogP contribution in [-0.2, 0) is 12.8 Å². The lowest BCUT2D eigenvalue weighted by molar-refractivity contribution is 0.0917. The van der Waals surface area contributed by atoms with Crippen molar-refractivity contribution in [2.75, 3.05) is 20.1 Å². The predicted molar refractivity (Wildman–Crippen MR) is 131 cm³/mol. The van der Waals surface area contributed by atoms with Gasteiger partial charge >= 0.3 is 0 Å². The van der Waals surface area contributed by atoms with Gasteiger partial charge in [0, 0.05) is 27.9 Å². The Labute approximate surface area is 193 Å². The average Bonchev–Trinajstić information content (AvgIpc) is 3.34. The molecule has 0 bridgehead atoms. The van der Waals surface area contributed by atoms with Gasteiger partial charge in [0.1, 0.15) is 0 Å². The highest BCUT2D eigenvalue weighted by Gasteiger charge is 2.22. The van der Waals surface area contributed by atoms with E-state index in [-0.39, 0.29) is 11.9 Å². The largest absolute Gasteiger partial charge is 0.349 e. The van der Waals surface area contributed by atoms with Crippen LogP contribution in [0.4, 0.5) is 0 Å². The number of H-pyrrole nitrogens is 1.